The van der Waals surface area contributed by atoms with Crippen LogP contribution in [0.1, 0.15) is 23.1 Å². The van der Waals surface area contributed by atoms with Gasteiger partial charge in [-0.05, 0) is 48.8 Å². The highest BCUT2D eigenvalue weighted by Crippen LogP contribution is 2.23. The van der Waals surface area contributed by atoms with Gasteiger partial charge in [0.05, 0.1) is 4.90 Å². The summed E-state index contributed by atoms with van der Waals surface area (Å²) in [5.41, 5.74) is 8.35. The first-order valence-corrected chi connectivity index (χ1v) is 8.98. The molecule has 1 saturated heterocycles. The number of thioether (sulfide) groups is 1. The molecule has 19 heavy (non-hydrogen) atoms. The van der Waals surface area contributed by atoms with E-state index < -0.39 is 10.0 Å². The average Bonchev–Trinajstić information content (AvgIpc) is 2.80. The Balaban J connectivity index is 2.33. The molecule has 0 saturated carbocycles. The van der Waals surface area contributed by atoms with Crippen molar-refractivity contribution in [1.29, 1.82) is 0 Å². The number of aryl methyl sites for hydroxylation is 2. The van der Waals surface area contributed by atoms with Crippen LogP contribution in [0, 0.1) is 13.8 Å². The summed E-state index contributed by atoms with van der Waals surface area (Å²) in [6.45, 7) is 4.13. The molecule has 1 aromatic rings. The van der Waals surface area contributed by atoms with E-state index in [-0.39, 0.29) is 6.04 Å². The maximum atomic E-state index is 12.4. The van der Waals surface area contributed by atoms with E-state index in [1.807, 2.05) is 19.9 Å². The van der Waals surface area contributed by atoms with E-state index >= 15 is 0 Å². The summed E-state index contributed by atoms with van der Waals surface area (Å²) in [6.07, 6.45) is 0.901. The zero-order chi connectivity index (χ0) is 14.0. The van der Waals surface area contributed by atoms with Crippen molar-refractivity contribution in [1.82, 2.24) is 4.72 Å². The Morgan fingerprint density at radius 3 is 2.68 bits per heavy atom. The monoisotopic (exact) mass is 300 g/mol. The van der Waals surface area contributed by atoms with Crippen molar-refractivity contribution >= 4 is 21.8 Å². The van der Waals surface area contributed by atoms with Gasteiger partial charge in [-0.25, -0.2) is 13.1 Å². The first kappa shape index (κ1) is 14.8. The molecule has 1 aliphatic heterocycles. The van der Waals surface area contributed by atoms with Crippen LogP contribution in [0.25, 0.3) is 0 Å². The van der Waals surface area contributed by atoms with Crippen molar-refractivity contribution < 1.29 is 8.42 Å². The SMILES string of the molecule is Cc1cc(C)c(S(=O)(=O)NC2CCSC2)cc1CN. The minimum Gasteiger partial charge on any atom is -0.326 e. The molecule has 106 valence electrons. The van der Waals surface area contributed by atoms with E-state index in [0.29, 0.717) is 11.4 Å². The molecule has 1 atom stereocenters. The predicted molar refractivity (Wildman–Crippen MR) is 79.9 cm³/mol. The average molecular weight is 300 g/mol. The van der Waals surface area contributed by atoms with Gasteiger partial charge in [0.15, 0.2) is 0 Å². The minimum absolute atomic E-state index is 0.0528. The van der Waals surface area contributed by atoms with Gasteiger partial charge >= 0.3 is 0 Å². The lowest BCUT2D eigenvalue weighted by molar-refractivity contribution is 0.562. The first-order chi connectivity index (χ1) is 8.94. The molecular formula is C13H20N2O2S2. The molecule has 0 aliphatic carbocycles. The molecule has 1 heterocycles. The van der Waals surface area contributed by atoms with Gasteiger partial charge in [0, 0.05) is 18.3 Å². The van der Waals surface area contributed by atoms with E-state index in [9.17, 15) is 8.42 Å². The third-order valence-corrected chi connectivity index (χ3v) is 6.22. The molecule has 2 rings (SSSR count). The fourth-order valence-corrected chi connectivity index (χ4v) is 5.10. The minimum atomic E-state index is -3.44. The van der Waals surface area contributed by atoms with E-state index in [1.165, 1.54) is 0 Å². The largest absolute Gasteiger partial charge is 0.326 e. The Labute approximate surface area is 119 Å². The molecule has 1 aromatic carbocycles. The van der Waals surface area contributed by atoms with Gasteiger partial charge in [-0.2, -0.15) is 11.8 Å². The van der Waals surface area contributed by atoms with E-state index in [2.05, 4.69) is 4.72 Å². The molecule has 1 unspecified atom stereocenters. The number of sulfonamides is 1. The number of hydrogen-bond donors (Lipinski definition) is 2. The molecule has 3 N–H and O–H groups in total. The highest BCUT2D eigenvalue weighted by molar-refractivity contribution is 7.99. The molecular weight excluding hydrogens is 280 g/mol. The maximum absolute atomic E-state index is 12.4. The number of hydrogen-bond acceptors (Lipinski definition) is 4. The summed E-state index contributed by atoms with van der Waals surface area (Å²) in [6, 6.07) is 3.65. The van der Waals surface area contributed by atoms with Gasteiger partial charge in [0.2, 0.25) is 10.0 Å². The van der Waals surface area contributed by atoms with Crippen LogP contribution in [0.15, 0.2) is 17.0 Å². The van der Waals surface area contributed by atoms with Crippen LogP contribution in [0.4, 0.5) is 0 Å². The normalized spacial score (nSPS) is 19.8. The number of nitrogens with two attached hydrogens (primary N) is 1. The third-order valence-electron chi connectivity index (χ3n) is 3.39. The molecule has 0 spiro atoms. The Morgan fingerprint density at radius 2 is 2.11 bits per heavy atom. The van der Waals surface area contributed by atoms with E-state index in [0.717, 1.165) is 34.6 Å². The Kier molecular flexibility index (Phi) is 4.55. The van der Waals surface area contributed by atoms with Crippen molar-refractivity contribution in [3.8, 4) is 0 Å². The quantitative estimate of drug-likeness (QED) is 0.885. The summed E-state index contributed by atoms with van der Waals surface area (Å²) in [4.78, 5) is 0.357. The fourth-order valence-electron chi connectivity index (χ4n) is 2.29. The standard InChI is InChI=1S/C13H20N2O2S2/c1-9-5-10(2)13(6-11(9)7-14)19(16,17)15-12-3-4-18-8-12/h5-6,12,15H,3-4,7-8,14H2,1-2H3. The van der Waals surface area contributed by atoms with E-state index in [1.54, 1.807) is 17.8 Å². The summed E-state index contributed by atoms with van der Waals surface area (Å²) in [7, 11) is -3.44. The highest BCUT2D eigenvalue weighted by Gasteiger charge is 2.24. The number of nitrogens with one attached hydrogen (secondary N) is 1. The smallest absolute Gasteiger partial charge is 0.241 e. The molecule has 1 aliphatic rings. The lowest BCUT2D eigenvalue weighted by atomic mass is 10.1. The molecule has 0 radical (unpaired) electrons. The maximum Gasteiger partial charge on any atom is 0.241 e. The lowest BCUT2D eigenvalue weighted by Crippen LogP contribution is -2.35. The van der Waals surface area contributed by atoms with Crippen molar-refractivity contribution in [2.75, 3.05) is 11.5 Å². The molecule has 1 fully saturated rings. The van der Waals surface area contributed by atoms with Crippen molar-refractivity contribution in [2.45, 2.75) is 37.8 Å². The van der Waals surface area contributed by atoms with Gasteiger partial charge in [-0.3, -0.25) is 0 Å². The van der Waals surface area contributed by atoms with Crippen LogP contribution in [-0.4, -0.2) is 26.0 Å². The topological polar surface area (TPSA) is 72.2 Å². The zero-order valence-corrected chi connectivity index (χ0v) is 12.9. The Bertz CT molecular complexity index is 564. The van der Waals surface area contributed by atoms with Crippen LogP contribution in [-0.2, 0) is 16.6 Å². The van der Waals surface area contributed by atoms with Gasteiger partial charge in [-0.15, -0.1) is 0 Å². The second kappa shape index (κ2) is 5.83. The van der Waals surface area contributed by atoms with Crippen LogP contribution in [0.5, 0.6) is 0 Å². The van der Waals surface area contributed by atoms with Crippen molar-refractivity contribution in [2.24, 2.45) is 5.73 Å². The van der Waals surface area contributed by atoms with Crippen LogP contribution in [0.2, 0.25) is 0 Å². The summed E-state index contributed by atoms with van der Waals surface area (Å²) in [5.74, 6) is 1.88. The molecule has 0 amide bonds. The van der Waals surface area contributed by atoms with Gasteiger partial charge in [0.25, 0.3) is 0 Å². The lowest BCUT2D eigenvalue weighted by Gasteiger charge is -2.15. The highest BCUT2D eigenvalue weighted by atomic mass is 32.2. The van der Waals surface area contributed by atoms with Crippen LogP contribution in [0.3, 0.4) is 0 Å². The number of rotatable bonds is 4. The molecule has 0 bridgehead atoms. The van der Waals surface area contributed by atoms with Gasteiger partial charge < -0.3 is 5.73 Å². The van der Waals surface area contributed by atoms with E-state index in [4.69, 9.17) is 5.73 Å². The zero-order valence-electron chi connectivity index (χ0n) is 11.3. The van der Waals surface area contributed by atoms with Gasteiger partial charge in [-0.1, -0.05) is 6.07 Å². The summed E-state index contributed by atoms with van der Waals surface area (Å²) in [5, 5.41) is 0. The van der Waals surface area contributed by atoms with Crippen LogP contribution < -0.4 is 10.5 Å². The van der Waals surface area contributed by atoms with Gasteiger partial charge in [0.1, 0.15) is 0 Å². The molecule has 6 heteroatoms. The number of benzene rings is 1. The summed E-state index contributed by atoms with van der Waals surface area (Å²) >= 11 is 1.79. The summed E-state index contributed by atoms with van der Waals surface area (Å²) < 4.78 is 27.6. The Hall–Kier alpha value is -0.560. The molecule has 4 nitrogen and oxygen atoms in total. The van der Waals surface area contributed by atoms with Crippen molar-refractivity contribution in [3.63, 3.8) is 0 Å². The second-order valence-electron chi connectivity index (χ2n) is 4.93. The first-order valence-electron chi connectivity index (χ1n) is 6.34. The fraction of sp³-hybridized carbons (Fsp3) is 0.538. The predicted octanol–water partition coefficient (Wildman–Crippen LogP) is 1.55. The van der Waals surface area contributed by atoms with Crippen LogP contribution >= 0.6 is 11.8 Å². The van der Waals surface area contributed by atoms with Crippen molar-refractivity contribution in [3.05, 3.63) is 28.8 Å². The molecule has 0 aromatic heterocycles. The Morgan fingerprint density at radius 1 is 1.37 bits per heavy atom. The third kappa shape index (κ3) is 3.31. The second-order valence-corrected chi connectivity index (χ2v) is 7.76.